The van der Waals surface area contributed by atoms with Crippen LogP contribution >= 0.6 is 23.2 Å². The van der Waals surface area contributed by atoms with Crippen LogP contribution in [0.25, 0.3) is 0 Å². The van der Waals surface area contributed by atoms with Crippen molar-refractivity contribution in [1.29, 1.82) is 0 Å². The molecule has 2 aromatic carbocycles. The van der Waals surface area contributed by atoms with E-state index in [1.807, 2.05) is 0 Å². The molecule has 0 radical (unpaired) electrons. The molecule has 0 unspecified atom stereocenters. The third kappa shape index (κ3) is 4.72. The standard InChI is InChI=1S/C22H30Cl2OSi/c1-5-12-20(23)21(24)17-25-26(22(2,3)4,18-13-8-6-9-14-18)19-15-10-7-11-16-19/h6-11,13-16,20-21H,5,12,17H2,1-4H3/t20-,21+/m0/s1. The Bertz CT molecular complexity index is 615. The normalized spacial score (nSPS) is 14.8. The van der Waals surface area contributed by atoms with Gasteiger partial charge in [-0.25, -0.2) is 0 Å². The predicted molar refractivity (Wildman–Crippen MR) is 118 cm³/mol. The van der Waals surface area contributed by atoms with Crippen molar-refractivity contribution >= 4 is 41.9 Å². The fraction of sp³-hybridized carbons (Fsp3) is 0.455. The lowest BCUT2D eigenvalue weighted by Crippen LogP contribution is -2.67. The zero-order valence-corrected chi connectivity index (χ0v) is 18.7. The summed E-state index contributed by atoms with van der Waals surface area (Å²) >= 11 is 13.1. The first-order valence-corrected chi connectivity index (χ1v) is 12.1. The minimum absolute atomic E-state index is 0.0428. The highest BCUT2D eigenvalue weighted by Gasteiger charge is 2.50. The van der Waals surface area contributed by atoms with Crippen LogP contribution in [-0.4, -0.2) is 25.7 Å². The van der Waals surface area contributed by atoms with Gasteiger partial charge in [-0.15, -0.1) is 23.2 Å². The van der Waals surface area contributed by atoms with Crippen LogP contribution in [0.5, 0.6) is 0 Å². The van der Waals surface area contributed by atoms with Gasteiger partial charge in [0.1, 0.15) is 0 Å². The van der Waals surface area contributed by atoms with Gasteiger partial charge in [0.2, 0.25) is 0 Å². The molecule has 2 rings (SSSR count). The summed E-state index contributed by atoms with van der Waals surface area (Å²) in [5.74, 6) is 0. The second-order valence-corrected chi connectivity index (χ2v) is 13.2. The number of rotatable bonds is 8. The summed E-state index contributed by atoms with van der Waals surface area (Å²) in [6, 6.07) is 21.2. The molecule has 0 aromatic heterocycles. The Morgan fingerprint density at radius 3 is 1.69 bits per heavy atom. The second kappa shape index (κ2) is 9.41. The molecule has 0 bridgehead atoms. The molecule has 0 amide bonds. The van der Waals surface area contributed by atoms with Crippen LogP contribution in [0.2, 0.25) is 5.04 Å². The van der Waals surface area contributed by atoms with Gasteiger partial charge in [-0.1, -0.05) is 94.8 Å². The fourth-order valence-corrected chi connectivity index (χ4v) is 8.70. The minimum Gasteiger partial charge on any atom is -0.406 e. The van der Waals surface area contributed by atoms with Gasteiger partial charge in [0.05, 0.1) is 17.4 Å². The lowest BCUT2D eigenvalue weighted by Gasteiger charge is -2.43. The first-order chi connectivity index (χ1) is 12.3. The van der Waals surface area contributed by atoms with Gasteiger partial charge < -0.3 is 4.43 Å². The third-order valence-electron chi connectivity index (χ3n) is 4.83. The predicted octanol–water partition coefficient (Wildman–Crippen LogP) is 5.58. The summed E-state index contributed by atoms with van der Waals surface area (Å²) in [6.07, 6.45) is 1.93. The van der Waals surface area contributed by atoms with Gasteiger partial charge in [0, 0.05) is 0 Å². The van der Waals surface area contributed by atoms with Crippen molar-refractivity contribution in [3.05, 3.63) is 60.7 Å². The van der Waals surface area contributed by atoms with Crippen molar-refractivity contribution in [3.8, 4) is 0 Å². The topological polar surface area (TPSA) is 9.23 Å². The van der Waals surface area contributed by atoms with Gasteiger partial charge in [-0.2, -0.15) is 0 Å². The Hall–Kier alpha value is -0.803. The van der Waals surface area contributed by atoms with Gasteiger partial charge in [0.25, 0.3) is 8.32 Å². The third-order valence-corrected chi connectivity index (χ3v) is 10.9. The molecule has 0 aliphatic carbocycles. The molecule has 2 atom stereocenters. The highest BCUT2D eigenvalue weighted by atomic mass is 35.5. The number of hydrogen-bond donors (Lipinski definition) is 0. The van der Waals surface area contributed by atoms with E-state index >= 15 is 0 Å². The van der Waals surface area contributed by atoms with Crippen molar-refractivity contribution in [3.63, 3.8) is 0 Å². The summed E-state index contributed by atoms with van der Waals surface area (Å²) in [5, 5.41) is 2.23. The molecule has 0 saturated carbocycles. The molecular weight excluding hydrogens is 379 g/mol. The number of alkyl halides is 2. The maximum absolute atomic E-state index is 6.82. The SMILES string of the molecule is CCC[C@H](Cl)[C@H](Cl)CO[Si](c1ccccc1)(c1ccccc1)C(C)(C)C. The van der Waals surface area contributed by atoms with Gasteiger partial charge >= 0.3 is 0 Å². The van der Waals surface area contributed by atoms with E-state index < -0.39 is 8.32 Å². The lowest BCUT2D eigenvalue weighted by atomic mass is 10.2. The number of halogens is 2. The van der Waals surface area contributed by atoms with Crippen LogP contribution in [0.3, 0.4) is 0 Å². The van der Waals surface area contributed by atoms with Gasteiger partial charge in [0.15, 0.2) is 0 Å². The Balaban J connectivity index is 2.47. The number of benzene rings is 2. The van der Waals surface area contributed by atoms with E-state index in [0.29, 0.717) is 6.61 Å². The Morgan fingerprint density at radius 1 is 0.846 bits per heavy atom. The molecular formula is C22H30Cl2OSi. The molecule has 26 heavy (non-hydrogen) atoms. The molecule has 4 heteroatoms. The maximum Gasteiger partial charge on any atom is 0.261 e. The Labute approximate surface area is 169 Å². The zero-order valence-electron chi connectivity index (χ0n) is 16.2. The average molecular weight is 409 g/mol. The zero-order chi connectivity index (χ0) is 19.2. The summed E-state index contributed by atoms with van der Waals surface area (Å²) in [6.45, 7) is 9.40. The molecule has 0 N–H and O–H groups in total. The summed E-state index contributed by atoms with van der Waals surface area (Å²) < 4.78 is 6.82. The summed E-state index contributed by atoms with van der Waals surface area (Å²) in [4.78, 5) is 0. The van der Waals surface area contributed by atoms with E-state index in [2.05, 4.69) is 88.4 Å². The number of hydrogen-bond acceptors (Lipinski definition) is 1. The van der Waals surface area contributed by atoms with E-state index in [0.717, 1.165) is 12.8 Å². The van der Waals surface area contributed by atoms with Crippen molar-refractivity contribution < 1.29 is 4.43 Å². The van der Waals surface area contributed by atoms with E-state index in [1.165, 1.54) is 10.4 Å². The first kappa shape index (κ1) is 21.5. The van der Waals surface area contributed by atoms with Crippen molar-refractivity contribution in [2.45, 2.75) is 56.3 Å². The molecule has 1 nitrogen and oxygen atoms in total. The molecule has 0 saturated heterocycles. The second-order valence-electron chi connectivity index (χ2n) is 7.79. The van der Waals surface area contributed by atoms with E-state index in [4.69, 9.17) is 27.6 Å². The first-order valence-electron chi connectivity index (χ1n) is 9.36. The monoisotopic (exact) mass is 408 g/mol. The van der Waals surface area contributed by atoms with Crippen molar-refractivity contribution in [2.75, 3.05) is 6.61 Å². The van der Waals surface area contributed by atoms with Crippen LogP contribution in [-0.2, 0) is 4.43 Å². The van der Waals surface area contributed by atoms with Crippen LogP contribution in [0.1, 0.15) is 40.5 Å². The summed E-state index contributed by atoms with van der Waals surface area (Å²) in [7, 11) is -2.52. The smallest absolute Gasteiger partial charge is 0.261 e. The molecule has 0 fully saturated rings. The van der Waals surface area contributed by atoms with E-state index in [1.54, 1.807) is 0 Å². The molecule has 0 aliphatic rings. The highest BCUT2D eigenvalue weighted by molar-refractivity contribution is 6.99. The molecule has 0 heterocycles. The van der Waals surface area contributed by atoms with E-state index in [9.17, 15) is 0 Å². The molecule has 2 aromatic rings. The van der Waals surface area contributed by atoms with Crippen molar-refractivity contribution in [2.24, 2.45) is 0 Å². The molecule has 0 spiro atoms. The van der Waals surface area contributed by atoms with Crippen LogP contribution < -0.4 is 10.4 Å². The molecule has 142 valence electrons. The maximum atomic E-state index is 6.82. The summed E-state index contributed by atoms with van der Waals surface area (Å²) in [5.41, 5.74) is 0. The van der Waals surface area contributed by atoms with Gasteiger partial charge in [-0.3, -0.25) is 0 Å². The quantitative estimate of drug-likeness (QED) is 0.409. The van der Waals surface area contributed by atoms with Crippen LogP contribution in [0.4, 0.5) is 0 Å². The van der Waals surface area contributed by atoms with Crippen LogP contribution in [0, 0.1) is 0 Å². The minimum atomic E-state index is -2.52. The highest BCUT2D eigenvalue weighted by Crippen LogP contribution is 2.37. The van der Waals surface area contributed by atoms with Crippen molar-refractivity contribution in [1.82, 2.24) is 0 Å². The average Bonchev–Trinajstić information content (AvgIpc) is 2.63. The largest absolute Gasteiger partial charge is 0.406 e. The fourth-order valence-electron chi connectivity index (χ4n) is 3.53. The molecule has 0 aliphatic heterocycles. The Morgan fingerprint density at radius 2 is 1.31 bits per heavy atom. The Kier molecular flexibility index (Phi) is 7.78. The van der Waals surface area contributed by atoms with Crippen LogP contribution in [0.15, 0.2) is 60.7 Å². The van der Waals surface area contributed by atoms with Gasteiger partial charge in [-0.05, 0) is 21.8 Å². The lowest BCUT2D eigenvalue weighted by molar-refractivity contribution is 0.291. The van der Waals surface area contributed by atoms with E-state index in [-0.39, 0.29) is 15.8 Å².